The van der Waals surface area contributed by atoms with Crippen LogP contribution in [0.1, 0.15) is 28.2 Å². The Morgan fingerprint density at radius 1 is 1.32 bits per heavy atom. The molecular formula is C18H19FN4O2. The molecule has 0 saturated heterocycles. The Bertz CT molecular complexity index is 907. The molecule has 0 unspecified atom stereocenters. The first kappa shape index (κ1) is 16.9. The fraction of sp³-hybridized carbons (Fsp3) is 0.278. The first-order valence-electron chi connectivity index (χ1n) is 8.04. The van der Waals surface area contributed by atoms with Crippen molar-refractivity contribution in [3.63, 3.8) is 0 Å². The molecule has 0 aliphatic rings. The molecule has 0 aliphatic heterocycles. The number of benzene rings is 1. The Balaban J connectivity index is 1.53. The van der Waals surface area contributed by atoms with E-state index in [4.69, 9.17) is 4.74 Å². The van der Waals surface area contributed by atoms with Crippen LogP contribution in [0.3, 0.4) is 0 Å². The fourth-order valence-electron chi connectivity index (χ4n) is 2.50. The summed E-state index contributed by atoms with van der Waals surface area (Å²) in [5.41, 5.74) is 2.77. The van der Waals surface area contributed by atoms with Gasteiger partial charge in [0.2, 0.25) is 0 Å². The van der Waals surface area contributed by atoms with Gasteiger partial charge in [0.15, 0.2) is 17.2 Å². The van der Waals surface area contributed by atoms with Crippen molar-refractivity contribution < 1.29 is 13.9 Å². The molecule has 0 fully saturated rings. The summed E-state index contributed by atoms with van der Waals surface area (Å²) in [7, 11) is 0. The normalized spacial score (nSPS) is 10.8. The average molecular weight is 342 g/mol. The quantitative estimate of drug-likeness (QED) is 0.699. The fourth-order valence-corrected chi connectivity index (χ4v) is 2.50. The van der Waals surface area contributed by atoms with Gasteiger partial charge < -0.3 is 10.1 Å². The van der Waals surface area contributed by atoms with Gasteiger partial charge in [-0.15, -0.1) is 0 Å². The summed E-state index contributed by atoms with van der Waals surface area (Å²) in [6, 6.07) is 8.10. The van der Waals surface area contributed by atoms with Gasteiger partial charge in [0.05, 0.1) is 23.6 Å². The lowest BCUT2D eigenvalue weighted by molar-refractivity contribution is 0.0949. The number of amides is 1. The highest BCUT2D eigenvalue weighted by molar-refractivity contribution is 5.95. The summed E-state index contributed by atoms with van der Waals surface area (Å²) in [6.45, 7) is 4.44. The van der Waals surface area contributed by atoms with E-state index in [9.17, 15) is 9.18 Å². The Morgan fingerprint density at radius 3 is 2.92 bits per heavy atom. The van der Waals surface area contributed by atoms with Crippen LogP contribution in [0.5, 0.6) is 5.75 Å². The molecular weight excluding hydrogens is 323 g/mol. The van der Waals surface area contributed by atoms with Crippen molar-refractivity contribution in [3.05, 3.63) is 59.3 Å². The minimum Gasteiger partial charge on any atom is -0.490 e. The minimum absolute atomic E-state index is 0.216. The minimum atomic E-state index is -0.393. The van der Waals surface area contributed by atoms with E-state index >= 15 is 0 Å². The van der Waals surface area contributed by atoms with Crippen molar-refractivity contribution in [2.45, 2.75) is 20.3 Å². The van der Waals surface area contributed by atoms with E-state index in [2.05, 4.69) is 15.4 Å². The maximum atomic E-state index is 13.4. The maximum Gasteiger partial charge on any atom is 0.254 e. The summed E-state index contributed by atoms with van der Waals surface area (Å²) in [4.78, 5) is 16.6. The van der Waals surface area contributed by atoms with Crippen molar-refractivity contribution in [3.8, 4) is 5.75 Å². The van der Waals surface area contributed by atoms with Crippen LogP contribution in [-0.2, 0) is 0 Å². The van der Waals surface area contributed by atoms with Crippen LogP contribution >= 0.6 is 0 Å². The van der Waals surface area contributed by atoms with E-state index in [1.54, 1.807) is 28.9 Å². The molecule has 1 amide bonds. The van der Waals surface area contributed by atoms with E-state index in [0.717, 1.165) is 11.4 Å². The Labute approximate surface area is 144 Å². The number of aromatic nitrogens is 3. The van der Waals surface area contributed by atoms with Crippen LogP contribution in [0.25, 0.3) is 5.65 Å². The third kappa shape index (κ3) is 3.76. The molecule has 2 aromatic heterocycles. The molecule has 0 radical (unpaired) electrons. The molecule has 1 aromatic carbocycles. The molecule has 0 spiro atoms. The highest BCUT2D eigenvalue weighted by Crippen LogP contribution is 2.15. The lowest BCUT2D eigenvalue weighted by Gasteiger charge is -2.09. The van der Waals surface area contributed by atoms with Crippen molar-refractivity contribution in [1.82, 2.24) is 19.9 Å². The van der Waals surface area contributed by atoms with E-state index in [0.29, 0.717) is 30.8 Å². The Morgan fingerprint density at radius 2 is 2.12 bits per heavy atom. The second-order valence-corrected chi connectivity index (χ2v) is 5.70. The lowest BCUT2D eigenvalue weighted by Crippen LogP contribution is -2.27. The number of carbonyl (C=O) groups is 1. The lowest BCUT2D eigenvalue weighted by atomic mass is 10.2. The summed E-state index contributed by atoms with van der Waals surface area (Å²) < 4.78 is 20.4. The average Bonchev–Trinajstić information content (AvgIpc) is 2.98. The third-order valence-corrected chi connectivity index (χ3v) is 3.79. The molecule has 2 heterocycles. The standard InChI is InChI=1S/C18H19FN4O2/c1-12-10-17-21-11-14(13(2)23(17)22-12)18(24)20-8-5-9-25-16-7-4-3-6-15(16)19/h3-4,6-7,10-11H,5,8-9H2,1-2H3,(H,20,24). The largest absolute Gasteiger partial charge is 0.490 e. The van der Waals surface area contributed by atoms with E-state index in [1.165, 1.54) is 6.07 Å². The van der Waals surface area contributed by atoms with Gasteiger partial charge in [0.25, 0.3) is 5.91 Å². The number of nitrogens with zero attached hydrogens (tertiary/aromatic N) is 3. The molecule has 3 rings (SSSR count). The second kappa shape index (κ2) is 7.29. The maximum absolute atomic E-state index is 13.4. The van der Waals surface area contributed by atoms with E-state index in [-0.39, 0.29) is 11.7 Å². The number of carbonyl (C=O) groups excluding carboxylic acids is 1. The molecule has 1 N–H and O–H groups in total. The summed E-state index contributed by atoms with van der Waals surface area (Å²) in [5, 5.41) is 7.14. The van der Waals surface area contributed by atoms with E-state index < -0.39 is 5.82 Å². The van der Waals surface area contributed by atoms with Gasteiger partial charge in [-0.25, -0.2) is 13.9 Å². The summed E-state index contributed by atoms with van der Waals surface area (Å²) in [6.07, 6.45) is 2.12. The number of halogens is 1. The van der Waals surface area contributed by atoms with Crippen LogP contribution < -0.4 is 10.1 Å². The zero-order valence-electron chi connectivity index (χ0n) is 14.1. The molecule has 0 saturated carbocycles. The summed E-state index contributed by atoms with van der Waals surface area (Å²) in [5.74, 6) is -0.393. The number of hydrogen-bond donors (Lipinski definition) is 1. The van der Waals surface area contributed by atoms with Crippen LogP contribution in [0, 0.1) is 19.7 Å². The molecule has 25 heavy (non-hydrogen) atoms. The first-order chi connectivity index (χ1) is 12.1. The van der Waals surface area contributed by atoms with Crippen LogP contribution in [0.2, 0.25) is 0 Å². The van der Waals surface area contributed by atoms with Gasteiger partial charge in [-0.05, 0) is 32.4 Å². The molecule has 3 aromatic rings. The van der Waals surface area contributed by atoms with Crippen molar-refractivity contribution in [1.29, 1.82) is 0 Å². The second-order valence-electron chi connectivity index (χ2n) is 5.70. The topological polar surface area (TPSA) is 68.5 Å². The number of para-hydroxylation sites is 1. The van der Waals surface area contributed by atoms with Crippen molar-refractivity contribution in [2.24, 2.45) is 0 Å². The molecule has 0 bridgehead atoms. The molecule has 0 atom stereocenters. The number of ether oxygens (including phenoxy) is 1. The zero-order chi connectivity index (χ0) is 17.8. The smallest absolute Gasteiger partial charge is 0.254 e. The first-order valence-corrected chi connectivity index (χ1v) is 8.04. The van der Waals surface area contributed by atoms with Crippen LogP contribution in [0.15, 0.2) is 36.5 Å². The predicted molar refractivity (Wildman–Crippen MR) is 91.3 cm³/mol. The summed E-state index contributed by atoms with van der Waals surface area (Å²) >= 11 is 0. The molecule has 6 nitrogen and oxygen atoms in total. The number of rotatable bonds is 6. The van der Waals surface area contributed by atoms with Gasteiger partial charge in [-0.2, -0.15) is 5.10 Å². The molecule has 0 aliphatic carbocycles. The zero-order valence-corrected chi connectivity index (χ0v) is 14.1. The monoisotopic (exact) mass is 342 g/mol. The number of fused-ring (bicyclic) bond motifs is 1. The van der Waals surface area contributed by atoms with Gasteiger partial charge in [-0.1, -0.05) is 12.1 Å². The molecule has 7 heteroatoms. The van der Waals surface area contributed by atoms with Gasteiger partial charge in [0.1, 0.15) is 0 Å². The van der Waals surface area contributed by atoms with Gasteiger partial charge in [0, 0.05) is 18.8 Å². The number of aryl methyl sites for hydroxylation is 2. The SMILES string of the molecule is Cc1cc2ncc(C(=O)NCCCOc3ccccc3F)c(C)n2n1. The number of nitrogens with one attached hydrogen (secondary N) is 1. The van der Waals surface area contributed by atoms with Crippen molar-refractivity contribution in [2.75, 3.05) is 13.2 Å². The Kier molecular flexibility index (Phi) is 4.92. The van der Waals surface area contributed by atoms with Crippen LogP contribution in [0.4, 0.5) is 4.39 Å². The number of hydrogen-bond acceptors (Lipinski definition) is 4. The highest BCUT2D eigenvalue weighted by Gasteiger charge is 2.13. The van der Waals surface area contributed by atoms with Crippen LogP contribution in [-0.4, -0.2) is 33.7 Å². The third-order valence-electron chi connectivity index (χ3n) is 3.79. The van der Waals surface area contributed by atoms with Crippen molar-refractivity contribution >= 4 is 11.6 Å². The Hall–Kier alpha value is -2.96. The van der Waals surface area contributed by atoms with E-state index in [1.807, 2.05) is 19.9 Å². The molecule has 130 valence electrons. The van der Waals surface area contributed by atoms with Gasteiger partial charge >= 0.3 is 0 Å². The van der Waals surface area contributed by atoms with Gasteiger partial charge in [-0.3, -0.25) is 4.79 Å². The predicted octanol–water partition coefficient (Wildman–Crippen LogP) is 2.68. The highest BCUT2D eigenvalue weighted by atomic mass is 19.1.